The van der Waals surface area contributed by atoms with Crippen LogP contribution >= 0.6 is 11.6 Å². The van der Waals surface area contributed by atoms with Crippen LogP contribution in [0.3, 0.4) is 0 Å². The van der Waals surface area contributed by atoms with E-state index in [1.165, 1.54) is 6.07 Å². The van der Waals surface area contributed by atoms with Gasteiger partial charge in [-0.15, -0.1) is 0 Å². The predicted molar refractivity (Wildman–Crippen MR) is 71.5 cm³/mol. The van der Waals surface area contributed by atoms with E-state index in [0.29, 0.717) is 11.5 Å². The summed E-state index contributed by atoms with van der Waals surface area (Å²) in [5, 5.41) is 12.3. The van der Waals surface area contributed by atoms with Gasteiger partial charge in [0.25, 0.3) is 0 Å². The van der Waals surface area contributed by atoms with E-state index in [1.54, 1.807) is 6.07 Å². The van der Waals surface area contributed by atoms with Crippen LogP contribution in [0.4, 0.5) is 13.2 Å². The van der Waals surface area contributed by atoms with Crippen molar-refractivity contribution >= 4 is 11.6 Å². The highest BCUT2D eigenvalue weighted by Crippen LogP contribution is 2.39. The van der Waals surface area contributed by atoms with Gasteiger partial charge >= 0.3 is 6.18 Å². The van der Waals surface area contributed by atoms with Gasteiger partial charge in [0.1, 0.15) is 0 Å². The van der Waals surface area contributed by atoms with Gasteiger partial charge in [-0.2, -0.15) is 13.2 Å². The number of alkyl halides is 3. The normalized spacial score (nSPS) is 18.9. The molecule has 0 radical (unpaired) electrons. The number of aliphatic hydroxyl groups is 1. The van der Waals surface area contributed by atoms with Crippen molar-refractivity contribution < 1.29 is 18.3 Å². The van der Waals surface area contributed by atoms with Crippen molar-refractivity contribution in [2.45, 2.75) is 38.0 Å². The highest BCUT2D eigenvalue weighted by molar-refractivity contribution is 6.31. The minimum Gasteiger partial charge on any atom is -0.394 e. The number of rotatable bonds is 5. The van der Waals surface area contributed by atoms with Crippen LogP contribution in [0.5, 0.6) is 0 Å². The van der Waals surface area contributed by atoms with Crippen LogP contribution < -0.4 is 5.32 Å². The maximum absolute atomic E-state index is 12.8. The van der Waals surface area contributed by atoms with Crippen molar-refractivity contribution in [3.8, 4) is 0 Å². The monoisotopic (exact) mass is 307 g/mol. The van der Waals surface area contributed by atoms with E-state index in [2.05, 4.69) is 5.32 Å². The van der Waals surface area contributed by atoms with Gasteiger partial charge in [-0.05, 0) is 43.4 Å². The highest BCUT2D eigenvalue weighted by Gasteiger charge is 2.40. The quantitative estimate of drug-likeness (QED) is 0.871. The molecule has 0 bridgehead atoms. The fourth-order valence-corrected chi connectivity index (χ4v) is 2.48. The second-order valence-corrected chi connectivity index (χ2v) is 5.92. The molecule has 1 aromatic carbocycles. The molecule has 112 valence electrons. The molecule has 1 aromatic rings. The second-order valence-electron chi connectivity index (χ2n) is 5.52. The molecule has 1 aliphatic rings. The minimum absolute atomic E-state index is 0.0304. The molecule has 0 saturated heterocycles. The third-order valence-corrected chi connectivity index (χ3v) is 4.17. The maximum atomic E-state index is 12.8. The molecule has 1 fully saturated rings. The molecule has 0 aliphatic heterocycles. The van der Waals surface area contributed by atoms with E-state index in [4.69, 9.17) is 11.6 Å². The van der Waals surface area contributed by atoms with Gasteiger partial charge in [-0.3, -0.25) is 0 Å². The van der Waals surface area contributed by atoms with Gasteiger partial charge in [0.2, 0.25) is 0 Å². The summed E-state index contributed by atoms with van der Waals surface area (Å²) in [4.78, 5) is 0. The maximum Gasteiger partial charge on any atom is 0.417 e. The van der Waals surface area contributed by atoms with Gasteiger partial charge in [0, 0.05) is 12.1 Å². The SMILES string of the molecule is CC(CO)(NCc1ccc(Cl)c(C(F)(F)F)c1)C1CC1. The Balaban J connectivity index is 2.10. The summed E-state index contributed by atoms with van der Waals surface area (Å²) in [5.41, 5.74) is -0.754. The smallest absolute Gasteiger partial charge is 0.394 e. The Morgan fingerprint density at radius 1 is 1.35 bits per heavy atom. The molecule has 2 rings (SSSR count). The zero-order chi connectivity index (χ0) is 15.0. The Morgan fingerprint density at radius 3 is 2.50 bits per heavy atom. The Labute approximate surface area is 120 Å². The molecule has 0 spiro atoms. The molecule has 6 heteroatoms. The Bertz CT molecular complexity index is 488. The second kappa shape index (κ2) is 5.54. The van der Waals surface area contributed by atoms with E-state index in [-0.39, 0.29) is 18.2 Å². The molecule has 1 aliphatic carbocycles. The Kier molecular flexibility index (Phi) is 4.33. The van der Waals surface area contributed by atoms with Crippen molar-refractivity contribution in [1.29, 1.82) is 0 Å². The van der Waals surface area contributed by atoms with Gasteiger partial charge in [0.05, 0.1) is 17.2 Å². The van der Waals surface area contributed by atoms with Crippen molar-refractivity contribution in [2.75, 3.05) is 6.61 Å². The zero-order valence-corrected chi connectivity index (χ0v) is 11.9. The van der Waals surface area contributed by atoms with E-state index in [0.717, 1.165) is 18.9 Å². The summed E-state index contributed by atoms with van der Waals surface area (Å²) in [6, 6.07) is 3.88. The third-order valence-electron chi connectivity index (χ3n) is 3.84. The fourth-order valence-electron chi connectivity index (χ4n) is 2.25. The third kappa shape index (κ3) is 3.45. The molecule has 20 heavy (non-hydrogen) atoms. The van der Waals surface area contributed by atoms with Crippen molar-refractivity contribution in [1.82, 2.24) is 5.32 Å². The minimum atomic E-state index is -4.45. The molecule has 2 N–H and O–H groups in total. The first-order valence-corrected chi connectivity index (χ1v) is 6.85. The Hall–Kier alpha value is -0.780. The van der Waals surface area contributed by atoms with E-state index < -0.39 is 17.3 Å². The summed E-state index contributed by atoms with van der Waals surface area (Å²) in [6.45, 7) is 2.14. The first-order valence-electron chi connectivity index (χ1n) is 6.48. The molecule has 0 aromatic heterocycles. The lowest BCUT2D eigenvalue weighted by Crippen LogP contribution is -2.47. The number of aliphatic hydroxyl groups excluding tert-OH is 1. The van der Waals surface area contributed by atoms with Crippen LogP contribution in [0.2, 0.25) is 5.02 Å². The lowest BCUT2D eigenvalue weighted by Gasteiger charge is -2.29. The number of nitrogens with one attached hydrogen (secondary N) is 1. The molecule has 1 unspecified atom stereocenters. The summed E-state index contributed by atoms with van der Waals surface area (Å²) in [5.74, 6) is 0.391. The van der Waals surface area contributed by atoms with Gasteiger partial charge in [-0.1, -0.05) is 17.7 Å². The van der Waals surface area contributed by atoms with Gasteiger partial charge < -0.3 is 10.4 Å². The lowest BCUT2D eigenvalue weighted by atomic mass is 9.96. The summed E-state index contributed by atoms with van der Waals surface area (Å²) in [6.07, 6.45) is -2.37. The highest BCUT2D eigenvalue weighted by atomic mass is 35.5. The first-order chi connectivity index (χ1) is 9.26. The largest absolute Gasteiger partial charge is 0.417 e. The molecule has 1 atom stereocenters. The first kappa shape index (κ1) is 15.6. The van der Waals surface area contributed by atoms with Crippen LogP contribution in [-0.4, -0.2) is 17.3 Å². The molecular weight excluding hydrogens is 291 g/mol. The van der Waals surface area contributed by atoms with Crippen LogP contribution in [0.25, 0.3) is 0 Å². The predicted octanol–water partition coefficient (Wildman–Crippen LogP) is 3.61. The summed E-state index contributed by atoms with van der Waals surface area (Å²) < 4.78 is 38.3. The van der Waals surface area contributed by atoms with Crippen molar-refractivity contribution in [3.63, 3.8) is 0 Å². The number of hydrogen-bond acceptors (Lipinski definition) is 2. The lowest BCUT2D eigenvalue weighted by molar-refractivity contribution is -0.137. The fraction of sp³-hybridized carbons (Fsp3) is 0.571. The number of hydrogen-bond donors (Lipinski definition) is 2. The number of benzene rings is 1. The van der Waals surface area contributed by atoms with Crippen LogP contribution in [-0.2, 0) is 12.7 Å². The molecule has 0 heterocycles. The average molecular weight is 308 g/mol. The van der Waals surface area contributed by atoms with Crippen LogP contribution in [0.1, 0.15) is 30.9 Å². The van der Waals surface area contributed by atoms with Gasteiger partial charge in [0.15, 0.2) is 0 Å². The van der Waals surface area contributed by atoms with Crippen molar-refractivity contribution in [2.24, 2.45) is 5.92 Å². The molecule has 1 saturated carbocycles. The number of halogens is 4. The summed E-state index contributed by atoms with van der Waals surface area (Å²) >= 11 is 5.58. The van der Waals surface area contributed by atoms with Crippen molar-refractivity contribution in [3.05, 3.63) is 34.3 Å². The average Bonchev–Trinajstić information content (AvgIpc) is 3.20. The Morgan fingerprint density at radius 2 is 2.00 bits per heavy atom. The standard InChI is InChI=1S/C14H17ClF3NO/c1-13(8-20,10-3-4-10)19-7-9-2-5-12(15)11(6-9)14(16,17)18/h2,5-6,10,19-20H,3-4,7-8H2,1H3. The van der Waals surface area contributed by atoms with Crippen LogP contribution in [0.15, 0.2) is 18.2 Å². The molecule has 0 amide bonds. The van der Waals surface area contributed by atoms with E-state index >= 15 is 0 Å². The van der Waals surface area contributed by atoms with E-state index in [1.807, 2.05) is 6.92 Å². The topological polar surface area (TPSA) is 32.3 Å². The van der Waals surface area contributed by atoms with E-state index in [9.17, 15) is 18.3 Å². The molecule has 2 nitrogen and oxygen atoms in total. The zero-order valence-electron chi connectivity index (χ0n) is 11.1. The van der Waals surface area contributed by atoms with Gasteiger partial charge in [-0.25, -0.2) is 0 Å². The summed E-state index contributed by atoms with van der Waals surface area (Å²) in [7, 11) is 0. The molecular formula is C14H17ClF3NO. The van der Waals surface area contributed by atoms with Crippen LogP contribution in [0, 0.1) is 5.92 Å².